The molecule has 0 saturated carbocycles. The maximum atomic E-state index is 14.1. The second-order valence-corrected chi connectivity index (χ2v) is 12.5. The molecular weight excluding hydrogens is 581 g/mol. The molecule has 0 amide bonds. The fourth-order valence-electron chi connectivity index (χ4n) is 4.88. The number of fused-ring (bicyclic) bond motifs is 1. The van der Waals surface area contributed by atoms with Crippen molar-refractivity contribution in [2.24, 2.45) is 5.92 Å². The van der Waals surface area contributed by atoms with Crippen molar-refractivity contribution in [3.63, 3.8) is 0 Å². The number of carbonyl (C=O) groups is 1. The Morgan fingerprint density at radius 1 is 1.21 bits per heavy atom. The van der Waals surface area contributed by atoms with E-state index in [0.29, 0.717) is 0 Å². The van der Waals surface area contributed by atoms with E-state index < -0.39 is 61.9 Å². The SMILES string of the molecule is CCC(CC)COC(=O)[C@H](C)NP(=O)(OC[C@H]1O[C@@](C#N)(n2ccc(N)nc2=O)[C@@H]2OC(C)(C)O[C@@H]21)Oc1ccccc1. The molecule has 2 fully saturated rings. The summed E-state index contributed by atoms with van der Waals surface area (Å²) < 4.78 is 50.2. The van der Waals surface area contributed by atoms with E-state index in [-0.39, 0.29) is 24.1 Å². The summed E-state index contributed by atoms with van der Waals surface area (Å²) in [6.45, 7) is 8.59. The predicted molar refractivity (Wildman–Crippen MR) is 153 cm³/mol. The van der Waals surface area contributed by atoms with E-state index in [1.54, 1.807) is 44.2 Å². The predicted octanol–water partition coefficient (Wildman–Crippen LogP) is 3.08. The van der Waals surface area contributed by atoms with Crippen LogP contribution in [0.4, 0.5) is 5.82 Å². The summed E-state index contributed by atoms with van der Waals surface area (Å²) in [5.74, 6) is -1.40. The highest BCUT2D eigenvalue weighted by Gasteiger charge is 2.65. The van der Waals surface area contributed by atoms with Gasteiger partial charge in [0.05, 0.1) is 13.2 Å². The number of hydrogen-bond donors (Lipinski definition) is 2. The lowest BCUT2D eigenvalue weighted by Gasteiger charge is -2.30. The molecule has 15 heteroatoms. The van der Waals surface area contributed by atoms with Crippen molar-refractivity contribution in [2.45, 2.75) is 83.3 Å². The number of ether oxygens (including phenoxy) is 4. The molecule has 2 aromatic rings. The average molecular weight is 620 g/mol. The summed E-state index contributed by atoms with van der Waals surface area (Å²) in [5, 5.41) is 13.0. The Bertz CT molecular complexity index is 1430. The number of nitrogens with two attached hydrogens (primary N) is 1. The van der Waals surface area contributed by atoms with E-state index in [1.165, 1.54) is 19.2 Å². The van der Waals surface area contributed by atoms with Gasteiger partial charge < -0.3 is 29.2 Å². The van der Waals surface area contributed by atoms with Gasteiger partial charge in [0.1, 0.15) is 35.9 Å². The maximum Gasteiger partial charge on any atom is 0.459 e. The molecule has 3 heterocycles. The molecule has 14 nitrogen and oxygen atoms in total. The van der Waals surface area contributed by atoms with Crippen molar-refractivity contribution in [1.29, 1.82) is 5.26 Å². The van der Waals surface area contributed by atoms with Gasteiger partial charge in [-0.1, -0.05) is 44.9 Å². The van der Waals surface area contributed by atoms with Gasteiger partial charge in [0.2, 0.25) is 0 Å². The van der Waals surface area contributed by atoms with Crippen molar-refractivity contribution in [3.8, 4) is 11.8 Å². The van der Waals surface area contributed by atoms with Crippen molar-refractivity contribution in [1.82, 2.24) is 14.6 Å². The summed E-state index contributed by atoms with van der Waals surface area (Å²) in [6.07, 6.45) is -0.110. The standard InChI is InChI=1S/C28H38N5O9P/c1-6-19(7-2)15-37-25(34)18(3)32-43(36,42-20-11-9-8-10-12-20)38-16-21-23-24(41-27(4,5)40-23)28(17-29,39-21)33-14-13-22(30)31-26(33)35/h8-14,18-19,21,23-24H,6-7,15-16H2,1-5H3,(H,32,36)(H2,30,31,35)/t18-,21+,23+,24+,28+,43?/m0/s1. The van der Waals surface area contributed by atoms with E-state index >= 15 is 0 Å². The van der Waals surface area contributed by atoms with E-state index in [1.807, 2.05) is 19.9 Å². The zero-order chi connectivity index (χ0) is 31.4. The van der Waals surface area contributed by atoms with E-state index in [0.717, 1.165) is 17.4 Å². The van der Waals surface area contributed by atoms with E-state index in [4.69, 9.17) is 33.7 Å². The Morgan fingerprint density at radius 2 is 1.91 bits per heavy atom. The van der Waals surface area contributed by atoms with Gasteiger partial charge in [-0.15, -0.1) is 0 Å². The molecule has 1 aromatic heterocycles. The van der Waals surface area contributed by atoms with E-state index in [9.17, 15) is 19.4 Å². The number of nitrogens with one attached hydrogen (secondary N) is 1. The monoisotopic (exact) mass is 619 g/mol. The van der Waals surface area contributed by atoms with Crippen LogP contribution in [0.25, 0.3) is 0 Å². The third-order valence-corrected chi connectivity index (χ3v) is 8.90. The molecule has 2 aliphatic rings. The Hall–Kier alpha value is -3.31. The van der Waals surface area contributed by atoms with E-state index in [2.05, 4.69) is 10.1 Å². The molecule has 0 radical (unpaired) electrons. The van der Waals surface area contributed by atoms with Gasteiger partial charge in [0.15, 0.2) is 11.9 Å². The fourth-order valence-corrected chi connectivity index (χ4v) is 6.39. The molecular formula is C28H38N5O9P. The molecule has 1 aromatic carbocycles. The van der Waals surface area contributed by atoms with Gasteiger partial charge in [0, 0.05) is 6.20 Å². The minimum absolute atomic E-state index is 0.0367. The molecule has 0 aliphatic carbocycles. The highest BCUT2D eigenvalue weighted by molar-refractivity contribution is 7.52. The van der Waals surface area contributed by atoms with Crippen LogP contribution in [0.15, 0.2) is 47.4 Å². The van der Waals surface area contributed by atoms with Gasteiger partial charge in [-0.3, -0.25) is 13.9 Å². The molecule has 234 valence electrons. The second-order valence-electron chi connectivity index (χ2n) is 10.9. The second kappa shape index (κ2) is 13.1. The minimum Gasteiger partial charge on any atom is -0.464 e. The zero-order valence-corrected chi connectivity index (χ0v) is 25.7. The first-order chi connectivity index (χ1) is 20.3. The number of para-hydroxylation sites is 1. The number of rotatable bonds is 13. The summed E-state index contributed by atoms with van der Waals surface area (Å²) in [7, 11) is -4.28. The molecule has 43 heavy (non-hydrogen) atoms. The van der Waals surface area contributed by atoms with Gasteiger partial charge >= 0.3 is 19.4 Å². The van der Waals surface area contributed by atoms with Crippen LogP contribution in [0.3, 0.4) is 0 Å². The molecule has 0 spiro atoms. The molecule has 0 bridgehead atoms. The molecule has 2 saturated heterocycles. The van der Waals surface area contributed by atoms with Crippen molar-refractivity contribution >= 4 is 19.5 Å². The number of nitriles is 1. The first-order valence-electron chi connectivity index (χ1n) is 14.1. The number of carbonyl (C=O) groups excluding carboxylic acids is 1. The lowest BCUT2D eigenvalue weighted by atomic mass is 10.0. The highest BCUT2D eigenvalue weighted by atomic mass is 31.2. The number of benzene rings is 1. The summed E-state index contributed by atoms with van der Waals surface area (Å²) in [5.41, 5.74) is 2.80. The summed E-state index contributed by atoms with van der Waals surface area (Å²) in [4.78, 5) is 29.3. The quantitative estimate of drug-likeness (QED) is 0.246. The van der Waals surface area contributed by atoms with Crippen molar-refractivity contribution in [2.75, 3.05) is 18.9 Å². The molecule has 2 aliphatic heterocycles. The topological polar surface area (TPSA) is 186 Å². The molecule has 3 N–H and O–H groups in total. The van der Waals surface area contributed by atoms with Crippen LogP contribution in [0, 0.1) is 17.2 Å². The number of nitrogens with zero attached hydrogens (tertiary/aromatic N) is 3. The largest absolute Gasteiger partial charge is 0.464 e. The van der Waals surface area contributed by atoms with Crippen molar-refractivity contribution < 1.29 is 37.4 Å². The first kappa shape index (κ1) is 32.6. The number of nitrogen functional groups attached to an aromatic ring is 1. The Balaban J connectivity index is 1.58. The molecule has 6 atom stereocenters. The van der Waals surface area contributed by atoms with Crippen LogP contribution in [-0.4, -0.2) is 58.9 Å². The summed E-state index contributed by atoms with van der Waals surface area (Å²) in [6, 6.07) is 10.6. The minimum atomic E-state index is -4.28. The number of anilines is 1. The number of aromatic nitrogens is 2. The van der Waals surface area contributed by atoms with Gasteiger partial charge in [-0.2, -0.15) is 15.3 Å². The van der Waals surface area contributed by atoms with Crippen LogP contribution in [0.5, 0.6) is 5.75 Å². The average Bonchev–Trinajstić information content (AvgIpc) is 3.44. The molecule has 4 rings (SSSR count). The smallest absolute Gasteiger partial charge is 0.459 e. The third-order valence-electron chi connectivity index (χ3n) is 7.25. The first-order valence-corrected chi connectivity index (χ1v) is 15.6. The van der Waals surface area contributed by atoms with Crippen molar-refractivity contribution in [3.05, 3.63) is 53.1 Å². The van der Waals surface area contributed by atoms with Crippen LogP contribution in [0.1, 0.15) is 47.5 Å². The Kier molecular flexibility index (Phi) is 9.96. The third kappa shape index (κ3) is 7.26. The lowest BCUT2D eigenvalue weighted by molar-refractivity contribution is -0.218. The highest BCUT2D eigenvalue weighted by Crippen LogP contribution is 2.49. The Morgan fingerprint density at radius 3 is 2.53 bits per heavy atom. The number of esters is 1. The molecule has 1 unspecified atom stereocenters. The Labute approximate surface area is 250 Å². The van der Waals surface area contributed by atoms with Crippen LogP contribution in [0.2, 0.25) is 0 Å². The zero-order valence-electron chi connectivity index (χ0n) is 24.8. The van der Waals surface area contributed by atoms with Crippen LogP contribution >= 0.6 is 7.75 Å². The lowest BCUT2D eigenvalue weighted by Crippen LogP contribution is -2.49. The van der Waals surface area contributed by atoms with Crippen LogP contribution < -0.4 is 21.0 Å². The maximum absolute atomic E-state index is 14.1. The number of hydrogen-bond acceptors (Lipinski definition) is 12. The fraction of sp³-hybridized carbons (Fsp3) is 0.571. The van der Waals surface area contributed by atoms with Crippen LogP contribution in [-0.2, 0) is 38.6 Å². The summed E-state index contributed by atoms with van der Waals surface area (Å²) >= 11 is 0. The normalized spacial score (nSPS) is 26.3. The van der Waals surface area contributed by atoms with Gasteiger partial charge in [-0.05, 0) is 44.9 Å². The van der Waals surface area contributed by atoms with Gasteiger partial charge in [0.25, 0.3) is 5.72 Å². The van der Waals surface area contributed by atoms with Gasteiger partial charge in [-0.25, -0.2) is 9.36 Å².